The number of amides is 1. The Hall–Kier alpha value is -1.35. The Bertz CT molecular complexity index is 393. The van der Waals surface area contributed by atoms with Gasteiger partial charge in [-0.05, 0) is 17.0 Å². The summed E-state index contributed by atoms with van der Waals surface area (Å²) >= 11 is 0. The molecule has 0 aromatic heterocycles. The van der Waals surface area contributed by atoms with E-state index in [1.165, 1.54) is 0 Å². The van der Waals surface area contributed by atoms with Crippen molar-refractivity contribution < 1.29 is 9.90 Å². The fraction of sp³-hybridized carbons (Fsp3) is 0.500. The van der Waals surface area contributed by atoms with Crippen molar-refractivity contribution in [3.8, 4) is 0 Å². The molecule has 1 aliphatic rings. The molecule has 1 aliphatic heterocycles. The fourth-order valence-corrected chi connectivity index (χ4v) is 2.01. The first-order valence-electron chi connectivity index (χ1n) is 5.79. The molecule has 3 heteroatoms. The van der Waals surface area contributed by atoms with Gasteiger partial charge in [0.05, 0.1) is 0 Å². The number of benzene rings is 1. The highest BCUT2D eigenvalue weighted by molar-refractivity contribution is 5.98. The molecule has 0 bridgehead atoms. The summed E-state index contributed by atoms with van der Waals surface area (Å²) in [5.74, 6) is 0.181. The first kappa shape index (κ1) is 13.7. The van der Waals surface area contributed by atoms with Crippen molar-refractivity contribution in [3.05, 3.63) is 35.4 Å². The van der Waals surface area contributed by atoms with Gasteiger partial charge in [-0.3, -0.25) is 4.79 Å². The van der Waals surface area contributed by atoms with Crippen molar-refractivity contribution in [2.45, 2.75) is 27.3 Å². The maximum absolute atomic E-state index is 12.0. The molecule has 0 saturated carbocycles. The van der Waals surface area contributed by atoms with Crippen LogP contribution >= 0.6 is 0 Å². The number of fused-ring (bicyclic) bond motifs is 1. The van der Waals surface area contributed by atoms with Crippen LogP contribution in [0.4, 0.5) is 0 Å². The standard InChI is InChI=1S/C13H17NO.CH4O/c1-13(2,3)9-14-8-10-6-4-5-7-11(10)12(14)15;1-2/h4-7H,8-9H2,1-3H3;2H,1H3. The third-order valence-corrected chi connectivity index (χ3v) is 2.56. The van der Waals surface area contributed by atoms with Crippen LogP contribution in [0.25, 0.3) is 0 Å². The SMILES string of the molecule is CC(C)(C)CN1Cc2ccccc2C1=O.CO. The molecule has 94 valence electrons. The summed E-state index contributed by atoms with van der Waals surface area (Å²) in [6, 6.07) is 7.88. The monoisotopic (exact) mass is 235 g/mol. The molecule has 0 radical (unpaired) electrons. The van der Waals surface area contributed by atoms with Gasteiger partial charge in [-0.25, -0.2) is 0 Å². The maximum Gasteiger partial charge on any atom is 0.254 e. The van der Waals surface area contributed by atoms with Gasteiger partial charge < -0.3 is 10.0 Å². The Labute approximate surface area is 103 Å². The summed E-state index contributed by atoms with van der Waals surface area (Å²) in [4.78, 5) is 13.9. The van der Waals surface area contributed by atoms with Gasteiger partial charge in [-0.2, -0.15) is 0 Å². The zero-order valence-corrected chi connectivity index (χ0v) is 11.0. The molecule has 17 heavy (non-hydrogen) atoms. The second-order valence-corrected chi connectivity index (χ2v) is 5.38. The van der Waals surface area contributed by atoms with Crippen LogP contribution < -0.4 is 0 Å². The number of carbonyl (C=O) groups is 1. The van der Waals surface area contributed by atoms with E-state index >= 15 is 0 Å². The van der Waals surface area contributed by atoms with E-state index in [9.17, 15) is 4.79 Å². The van der Waals surface area contributed by atoms with Gasteiger partial charge >= 0.3 is 0 Å². The Balaban J connectivity index is 0.000000686. The van der Waals surface area contributed by atoms with Crippen molar-refractivity contribution in [2.75, 3.05) is 13.7 Å². The van der Waals surface area contributed by atoms with Crippen LogP contribution in [0.2, 0.25) is 0 Å². The number of hydrogen-bond donors (Lipinski definition) is 1. The van der Waals surface area contributed by atoms with Crippen LogP contribution in [0, 0.1) is 5.41 Å². The molecule has 0 saturated heterocycles. The zero-order chi connectivity index (χ0) is 13.1. The van der Waals surface area contributed by atoms with Gasteiger partial charge in [0.2, 0.25) is 0 Å². The third-order valence-electron chi connectivity index (χ3n) is 2.56. The second-order valence-electron chi connectivity index (χ2n) is 5.38. The highest BCUT2D eigenvalue weighted by Gasteiger charge is 2.29. The molecule has 1 amide bonds. The van der Waals surface area contributed by atoms with Gasteiger partial charge in [0.1, 0.15) is 0 Å². The predicted molar refractivity (Wildman–Crippen MR) is 68.8 cm³/mol. The number of hydrogen-bond acceptors (Lipinski definition) is 2. The molecule has 3 nitrogen and oxygen atoms in total. The smallest absolute Gasteiger partial charge is 0.254 e. The van der Waals surface area contributed by atoms with E-state index in [-0.39, 0.29) is 11.3 Å². The number of nitrogens with zero attached hydrogens (tertiary/aromatic N) is 1. The molecule has 2 rings (SSSR count). The van der Waals surface area contributed by atoms with Crippen molar-refractivity contribution in [1.82, 2.24) is 4.90 Å². The largest absolute Gasteiger partial charge is 0.400 e. The average molecular weight is 235 g/mol. The van der Waals surface area contributed by atoms with Gasteiger partial charge in [-0.15, -0.1) is 0 Å². The van der Waals surface area contributed by atoms with Crippen LogP contribution in [0.15, 0.2) is 24.3 Å². The summed E-state index contributed by atoms with van der Waals surface area (Å²) < 4.78 is 0. The van der Waals surface area contributed by atoms with Crippen LogP contribution in [0.3, 0.4) is 0 Å². The number of rotatable bonds is 1. The van der Waals surface area contributed by atoms with Crippen molar-refractivity contribution in [3.63, 3.8) is 0 Å². The van der Waals surface area contributed by atoms with Crippen molar-refractivity contribution in [2.24, 2.45) is 5.41 Å². The third kappa shape index (κ3) is 3.30. The van der Waals surface area contributed by atoms with E-state index in [1.807, 2.05) is 29.2 Å². The lowest BCUT2D eigenvalue weighted by Gasteiger charge is -2.26. The minimum atomic E-state index is 0.164. The minimum Gasteiger partial charge on any atom is -0.400 e. The normalized spacial score (nSPS) is 14.2. The molecule has 0 spiro atoms. The van der Waals surface area contributed by atoms with Crippen molar-refractivity contribution >= 4 is 5.91 Å². The van der Waals surface area contributed by atoms with E-state index in [0.717, 1.165) is 31.3 Å². The summed E-state index contributed by atoms with van der Waals surface area (Å²) in [6.45, 7) is 8.06. The number of carbonyl (C=O) groups excluding carboxylic acids is 1. The molecule has 1 aromatic rings. The molecular formula is C14H21NO2. The molecular weight excluding hydrogens is 214 g/mol. The Morgan fingerprint density at radius 3 is 2.35 bits per heavy atom. The first-order valence-corrected chi connectivity index (χ1v) is 5.79. The lowest BCUT2D eigenvalue weighted by atomic mass is 9.96. The molecule has 1 aromatic carbocycles. The summed E-state index contributed by atoms with van der Waals surface area (Å²) in [5, 5.41) is 7.00. The van der Waals surface area contributed by atoms with E-state index in [2.05, 4.69) is 20.8 Å². The second kappa shape index (κ2) is 5.32. The van der Waals surface area contributed by atoms with Crippen LogP contribution in [-0.4, -0.2) is 29.6 Å². The number of aliphatic hydroxyl groups is 1. The van der Waals surface area contributed by atoms with Crippen LogP contribution in [0.1, 0.15) is 36.7 Å². The van der Waals surface area contributed by atoms with E-state index in [1.54, 1.807) is 0 Å². The Morgan fingerprint density at radius 2 is 1.82 bits per heavy atom. The maximum atomic E-state index is 12.0. The molecule has 0 fully saturated rings. The molecule has 0 aliphatic carbocycles. The molecule has 1 heterocycles. The van der Waals surface area contributed by atoms with Crippen LogP contribution in [0.5, 0.6) is 0 Å². The predicted octanol–water partition coefficient (Wildman–Crippen LogP) is 2.30. The number of aliphatic hydroxyl groups excluding tert-OH is 1. The lowest BCUT2D eigenvalue weighted by Crippen LogP contribution is -2.32. The van der Waals surface area contributed by atoms with Gasteiger partial charge in [0, 0.05) is 25.8 Å². The Morgan fingerprint density at radius 1 is 1.24 bits per heavy atom. The highest BCUT2D eigenvalue weighted by Crippen LogP contribution is 2.26. The Kier molecular flexibility index (Phi) is 4.29. The van der Waals surface area contributed by atoms with Crippen LogP contribution in [-0.2, 0) is 6.54 Å². The van der Waals surface area contributed by atoms with Crippen molar-refractivity contribution in [1.29, 1.82) is 0 Å². The summed E-state index contributed by atoms with van der Waals surface area (Å²) in [5.41, 5.74) is 2.20. The zero-order valence-electron chi connectivity index (χ0n) is 11.0. The van der Waals surface area contributed by atoms with Gasteiger partial charge in [-0.1, -0.05) is 39.0 Å². The molecule has 1 N–H and O–H groups in total. The topological polar surface area (TPSA) is 40.5 Å². The minimum absolute atomic E-state index is 0.164. The highest BCUT2D eigenvalue weighted by atomic mass is 16.2. The van der Waals surface area contributed by atoms with E-state index < -0.39 is 0 Å². The van der Waals surface area contributed by atoms with Gasteiger partial charge in [0.15, 0.2) is 0 Å². The summed E-state index contributed by atoms with van der Waals surface area (Å²) in [7, 11) is 1.00. The van der Waals surface area contributed by atoms with Gasteiger partial charge in [0.25, 0.3) is 5.91 Å². The lowest BCUT2D eigenvalue weighted by molar-refractivity contribution is 0.0720. The fourth-order valence-electron chi connectivity index (χ4n) is 2.01. The molecule has 0 unspecified atom stereocenters. The summed E-state index contributed by atoms with van der Waals surface area (Å²) in [6.07, 6.45) is 0. The average Bonchev–Trinajstić information content (AvgIpc) is 2.57. The van der Waals surface area contributed by atoms with E-state index in [0.29, 0.717) is 0 Å². The molecule has 0 atom stereocenters. The van der Waals surface area contributed by atoms with E-state index in [4.69, 9.17) is 5.11 Å². The quantitative estimate of drug-likeness (QED) is 0.811. The first-order chi connectivity index (χ1) is 7.97.